The predicted octanol–water partition coefficient (Wildman–Crippen LogP) is 2.20. The Bertz CT molecular complexity index is 328. The lowest BCUT2D eigenvalue weighted by atomic mass is 9.90. The molecule has 0 bridgehead atoms. The SMILES string of the molecule is CCC(CNC)C(NC)c1ccccc1OC. The zero-order valence-electron chi connectivity index (χ0n) is 11.3. The average molecular weight is 236 g/mol. The average Bonchev–Trinajstić information content (AvgIpc) is 2.39. The van der Waals surface area contributed by atoms with E-state index in [1.165, 1.54) is 5.56 Å². The number of para-hydroxylation sites is 1. The van der Waals surface area contributed by atoms with E-state index in [1.807, 2.05) is 26.2 Å². The Hall–Kier alpha value is -1.06. The second kappa shape index (κ2) is 7.30. The number of nitrogens with one attached hydrogen (secondary N) is 2. The Morgan fingerprint density at radius 2 is 1.94 bits per heavy atom. The van der Waals surface area contributed by atoms with Crippen LogP contribution in [0.4, 0.5) is 0 Å². The zero-order valence-corrected chi connectivity index (χ0v) is 11.3. The summed E-state index contributed by atoms with van der Waals surface area (Å²) in [5, 5.41) is 6.67. The van der Waals surface area contributed by atoms with E-state index >= 15 is 0 Å². The zero-order chi connectivity index (χ0) is 12.7. The van der Waals surface area contributed by atoms with Crippen LogP contribution in [0.15, 0.2) is 24.3 Å². The van der Waals surface area contributed by atoms with Crippen molar-refractivity contribution in [3.05, 3.63) is 29.8 Å². The van der Waals surface area contributed by atoms with Crippen molar-refractivity contribution in [1.29, 1.82) is 0 Å². The second-order valence-corrected chi connectivity index (χ2v) is 4.23. The predicted molar refractivity (Wildman–Crippen MR) is 72.5 cm³/mol. The third-order valence-electron chi connectivity index (χ3n) is 3.25. The number of benzene rings is 1. The van der Waals surface area contributed by atoms with Gasteiger partial charge in [0.25, 0.3) is 0 Å². The topological polar surface area (TPSA) is 33.3 Å². The van der Waals surface area contributed by atoms with Gasteiger partial charge >= 0.3 is 0 Å². The maximum Gasteiger partial charge on any atom is 0.123 e. The van der Waals surface area contributed by atoms with Crippen LogP contribution in [0, 0.1) is 5.92 Å². The fourth-order valence-electron chi connectivity index (χ4n) is 2.33. The molecule has 1 rings (SSSR count). The number of hydrogen-bond acceptors (Lipinski definition) is 3. The van der Waals surface area contributed by atoms with E-state index in [0.29, 0.717) is 12.0 Å². The van der Waals surface area contributed by atoms with Gasteiger partial charge in [0.1, 0.15) is 5.75 Å². The lowest BCUT2D eigenvalue weighted by Gasteiger charge is -2.27. The van der Waals surface area contributed by atoms with Crippen LogP contribution in [0.1, 0.15) is 24.9 Å². The molecule has 96 valence electrons. The smallest absolute Gasteiger partial charge is 0.123 e. The fourth-order valence-corrected chi connectivity index (χ4v) is 2.33. The highest BCUT2D eigenvalue weighted by atomic mass is 16.5. The van der Waals surface area contributed by atoms with Gasteiger partial charge in [0, 0.05) is 11.6 Å². The van der Waals surface area contributed by atoms with Crippen LogP contribution >= 0.6 is 0 Å². The number of hydrogen-bond donors (Lipinski definition) is 2. The van der Waals surface area contributed by atoms with Gasteiger partial charge in [-0.05, 0) is 32.6 Å². The normalized spacial score (nSPS) is 14.4. The van der Waals surface area contributed by atoms with Crippen molar-refractivity contribution in [2.24, 2.45) is 5.92 Å². The van der Waals surface area contributed by atoms with E-state index in [2.05, 4.69) is 29.7 Å². The van der Waals surface area contributed by atoms with E-state index in [0.717, 1.165) is 18.7 Å². The maximum absolute atomic E-state index is 5.44. The van der Waals surface area contributed by atoms with Crippen molar-refractivity contribution in [2.45, 2.75) is 19.4 Å². The molecule has 0 saturated heterocycles. The molecule has 2 N–H and O–H groups in total. The minimum atomic E-state index is 0.323. The molecular formula is C14H24N2O. The lowest BCUT2D eigenvalue weighted by Crippen LogP contribution is -2.31. The van der Waals surface area contributed by atoms with Crippen molar-refractivity contribution in [3.8, 4) is 5.75 Å². The van der Waals surface area contributed by atoms with Gasteiger partial charge in [0.2, 0.25) is 0 Å². The fraction of sp³-hybridized carbons (Fsp3) is 0.571. The molecule has 0 heterocycles. The Labute approximate surface area is 105 Å². The van der Waals surface area contributed by atoms with Crippen LogP contribution in [0.3, 0.4) is 0 Å². The molecule has 1 aromatic rings. The highest BCUT2D eigenvalue weighted by molar-refractivity contribution is 5.36. The van der Waals surface area contributed by atoms with Gasteiger partial charge in [-0.15, -0.1) is 0 Å². The van der Waals surface area contributed by atoms with Crippen LogP contribution in [-0.2, 0) is 0 Å². The first-order valence-electron chi connectivity index (χ1n) is 6.23. The van der Waals surface area contributed by atoms with Crippen LogP contribution in [0.2, 0.25) is 0 Å². The third kappa shape index (κ3) is 3.45. The highest BCUT2D eigenvalue weighted by Gasteiger charge is 2.22. The molecule has 0 aliphatic heterocycles. The first-order valence-corrected chi connectivity index (χ1v) is 6.23. The number of ether oxygens (including phenoxy) is 1. The van der Waals surface area contributed by atoms with Gasteiger partial charge in [-0.25, -0.2) is 0 Å². The van der Waals surface area contributed by atoms with Crippen molar-refractivity contribution < 1.29 is 4.74 Å². The molecule has 0 aliphatic rings. The largest absolute Gasteiger partial charge is 0.496 e. The van der Waals surface area contributed by atoms with Gasteiger partial charge in [-0.3, -0.25) is 0 Å². The Balaban J connectivity index is 2.98. The molecule has 0 fully saturated rings. The van der Waals surface area contributed by atoms with Crippen LogP contribution in [-0.4, -0.2) is 27.7 Å². The molecule has 0 spiro atoms. The molecule has 3 nitrogen and oxygen atoms in total. The minimum Gasteiger partial charge on any atom is -0.496 e. The number of methoxy groups -OCH3 is 1. The molecule has 2 unspecified atom stereocenters. The Morgan fingerprint density at radius 1 is 1.24 bits per heavy atom. The summed E-state index contributed by atoms with van der Waals surface area (Å²) in [5.41, 5.74) is 1.24. The molecule has 2 atom stereocenters. The quantitative estimate of drug-likeness (QED) is 0.761. The first kappa shape index (κ1) is 14.0. The van der Waals surface area contributed by atoms with Crippen molar-refractivity contribution in [2.75, 3.05) is 27.7 Å². The van der Waals surface area contributed by atoms with Crippen LogP contribution in [0.5, 0.6) is 5.75 Å². The second-order valence-electron chi connectivity index (χ2n) is 4.23. The summed E-state index contributed by atoms with van der Waals surface area (Å²) in [6, 6.07) is 8.55. The molecule has 0 amide bonds. The van der Waals surface area contributed by atoms with Crippen molar-refractivity contribution in [3.63, 3.8) is 0 Å². The number of rotatable bonds is 7. The molecule has 0 radical (unpaired) electrons. The molecule has 1 aromatic carbocycles. The van der Waals surface area contributed by atoms with Crippen LogP contribution < -0.4 is 15.4 Å². The summed E-state index contributed by atoms with van der Waals surface area (Å²) < 4.78 is 5.44. The summed E-state index contributed by atoms with van der Waals surface area (Å²) in [6.45, 7) is 3.22. The van der Waals surface area contributed by atoms with E-state index in [9.17, 15) is 0 Å². The molecule has 0 saturated carbocycles. The van der Waals surface area contributed by atoms with Crippen molar-refractivity contribution in [1.82, 2.24) is 10.6 Å². The summed E-state index contributed by atoms with van der Waals surface area (Å²) >= 11 is 0. The van der Waals surface area contributed by atoms with Gasteiger partial charge in [0.05, 0.1) is 7.11 Å². The highest BCUT2D eigenvalue weighted by Crippen LogP contribution is 2.30. The molecule has 0 aliphatic carbocycles. The summed E-state index contributed by atoms with van der Waals surface area (Å²) in [7, 11) is 5.73. The Kier molecular flexibility index (Phi) is 6.01. The Morgan fingerprint density at radius 3 is 2.47 bits per heavy atom. The van der Waals surface area contributed by atoms with E-state index in [-0.39, 0.29) is 0 Å². The van der Waals surface area contributed by atoms with Gasteiger partial charge in [0.15, 0.2) is 0 Å². The lowest BCUT2D eigenvalue weighted by molar-refractivity contribution is 0.340. The third-order valence-corrected chi connectivity index (χ3v) is 3.25. The summed E-state index contributed by atoms with van der Waals surface area (Å²) in [4.78, 5) is 0. The van der Waals surface area contributed by atoms with E-state index in [1.54, 1.807) is 7.11 Å². The van der Waals surface area contributed by atoms with E-state index in [4.69, 9.17) is 4.74 Å². The van der Waals surface area contributed by atoms with Gasteiger partial charge in [-0.2, -0.15) is 0 Å². The monoisotopic (exact) mass is 236 g/mol. The van der Waals surface area contributed by atoms with Gasteiger partial charge < -0.3 is 15.4 Å². The molecule has 17 heavy (non-hydrogen) atoms. The molecular weight excluding hydrogens is 212 g/mol. The minimum absolute atomic E-state index is 0.323. The van der Waals surface area contributed by atoms with E-state index < -0.39 is 0 Å². The molecule has 0 aromatic heterocycles. The molecule has 3 heteroatoms. The maximum atomic E-state index is 5.44. The van der Waals surface area contributed by atoms with Crippen LogP contribution in [0.25, 0.3) is 0 Å². The summed E-state index contributed by atoms with van der Waals surface area (Å²) in [5.74, 6) is 1.52. The first-order chi connectivity index (χ1) is 8.28. The summed E-state index contributed by atoms with van der Waals surface area (Å²) in [6.07, 6.45) is 1.13. The van der Waals surface area contributed by atoms with Gasteiger partial charge in [-0.1, -0.05) is 31.5 Å². The van der Waals surface area contributed by atoms with Crippen molar-refractivity contribution >= 4 is 0 Å². The standard InChI is InChI=1S/C14H24N2O/c1-5-11(10-15-2)14(16-3)12-8-6-7-9-13(12)17-4/h6-9,11,14-16H,5,10H2,1-4H3.